The van der Waals surface area contributed by atoms with Crippen molar-refractivity contribution in [1.82, 2.24) is 0 Å². The number of amides is 1. The fraction of sp³-hybridized carbons (Fsp3) is 0.435. The number of nitrogens with one attached hydrogen (secondary N) is 1. The summed E-state index contributed by atoms with van der Waals surface area (Å²) in [6.45, 7) is 5.98. The number of anilines is 2. The van der Waals surface area contributed by atoms with Crippen LogP contribution in [0.15, 0.2) is 42.5 Å². The molecule has 1 aliphatic rings. The fourth-order valence-corrected chi connectivity index (χ4v) is 3.71. The number of carbonyl (C=O) groups is 1. The molecule has 0 spiro atoms. The van der Waals surface area contributed by atoms with Gasteiger partial charge in [-0.15, -0.1) is 0 Å². The van der Waals surface area contributed by atoms with Crippen LogP contribution in [0.1, 0.15) is 49.9 Å². The first kappa shape index (κ1) is 20.1. The number of methoxy groups -OCH3 is 1. The van der Waals surface area contributed by atoms with Crippen molar-refractivity contribution in [3.63, 3.8) is 0 Å². The van der Waals surface area contributed by atoms with Crippen LogP contribution in [0.25, 0.3) is 0 Å². The number of nitrogens with zero attached hydrogens (tertiary/aromatic N) is 1. The Morgan fingerprint density at radius 1 is 1.07 bits per heavy atom. The van der Waals surface area contributed by atoms with Crippen LogP contribution in [0, 0.1) is 0 Å². The van der Waals surface area contributed by atoms with Crippen LogP contribution in [0.2, 0.25) is 0 Å². The molecule has 1 saturated carbocycles. The second-order valence-electron chi connectivity index (χ2n) is 7.03. The van der Waals surface area contributed by atoms with E-state index in [0.717, 1.165) is 37.3 Å². The standard InChI is InChI=1S/C23H30N2O3/c1-4-25(5-2)20-13-9-8-12-19(20)24-23(26)17-14-15-21(27-3)22(16-17)28-18-10-6-7-11-18/h8-9,12-16,18H,4-7,10-11H2,1-3H3,(H,24,26). The molecule has 1 aliphatic carbocycles. The summed E-state index contributed by atoms with van der Waals surface area (Å²) >= 11 is 0. The number of hydrogen-bond donors (Lipinski definition) is 1. The van der Waals surface area contributed by atoms with E-state index in [4.69, 9.17) is 9.47 Å². The molecule has 2 aromatic carbocycles. The zero-order chi connectivity index (χ0) is 19.9. The van der Waals surface area contributed by atoms with E-state index >= 15 is 0 Å². The van der Waals surface area contributed by atoms with Crippen LogP contribution >= 0.6 is 0 Å². The predicted octanol–water partition coefficient (Wildman–Crippen LogP) is 5.12. The van der Waals surface area contributed by atoms with Crippen LogP contribution in [0.4, 0.5) is 11.4 Å². The molecule has 1 N–H and O–H groups in total. The van der Waals surface area contributed by atoms with Gasteiger partial charge in [0.25, 0.3) is 5.91 Å². The van der Waals surface area contributed by atoms with Gasteiger partial charge in [0, 0.05) is 18.7 Å². The third-order valence-corrected chi connectivity index (χ3v) is 5.28. The van der Waals surface area contributed by atoms with E-state index in [1.165, 1.54) is 12.8 Å². The molecule has 0 unspecified atom stereocenters. The average Bonchev–Trinajstić information content (AvgIpc) is 3.23. The first-order valence-corrected chi connectivity index (χ1v) is 10.2. The molecule has 2 aromatic rings. The maximum absolute atomic E-state index is 12.9. The Balaban J connectivity index is 1.81. The minimum atomic E-state index is -0.154. The Labute approximate surface area is 167 Å². The Bertz CT molecular complexity index is 796. The number of para-hydroxylation sites is 2. The van der Waals surface area contributed by atoms with Crippen molar-refractivity contribution in [3.8, 4) is 11.5 Å². The SMILES string of the molecule is CCN(CC)c1ccccc1NC(=O)c1ccc(OC)c(OC2CCCC2)c1. The molecule has 0 radical (unpaired) electrons. The summed E-state index contributed by atoms with van der Waals surface area (Å²) in [6, 6.07) is 13.3. The summed E-state index contributed by atoms with van der Waals surface area (Å²) in [7, 11) is 1.62. The third kappa shape index (κ3) is 4.58. The molecule has 150 valence electrons. The van der Waals surface area contributed by atoms with E-state index in [1.807, 2.05) is 24.3 Å². The van der Waals surface area contributed by atoms with Gasteiger partial charge in [0.15, 0.2) is 11.5 Å². The van der Waals surface area contributed by atoms with Gasteiger partial charge in [0.05, 0.1) is 24.6 Å². The molecule has 5 heteroatoms. The van der Waals surface area contributed by atoms with Crippen molar-refractivity contribution < 1.29 is 14.3 Å². The Morgan fingerprint density at radius 2 is 1.79 bits per heavy atom. The van der Waals surface area contributed by atoms with Crippen molar-refractivity contribution in [2.75, 3.05) is 30.4 Å². The molecule has 0 bridgehead atoms. The van der Waals surface area contributed by atoms with Gasteiger partial charge in [-0.2, -0.15) is 0 Å². The molecule has 3 rings (SSSR count). The highest BCUT2D eigenvalue weighted by Gasteiger charge is 2.20. The quantitative estimate of drug-likeness (QED) is 0.689. The first-order chi connectivity index (χ1) is 13.7. The van der Waals surface area contributed by atoms with Crippen LogP contribution in [-0.2, 0) is 0 Å². The second kappa shape index (κ2) is 9.49. The maximum atomic E-state index is 12.9. The average molecular weight is 383 g/mol. The van der Waals surface area contributed by atoms with Crippen molar-refractivity contribution in [2.45, 2.75) is 45.6 Å². The Morgan fingerprint density at radius 3 is 2.46 bits per heavy atom. The number of ether oxygens (including phenoxy) is 2. The van der Waals surface area contributed by atoms with E-state index in [2.05, 4.69) is 24.1 Å². The molecule has 1 fully saturated rings. The first-order valence-electron chi connectivity index (χ1n) is 10.2. The summed E-state index contributed by atoms with van der Waals surface area (Å²) in [5.74, 6) is 1.14. The van der Waals surface area contributed by atoms with E-state index in [9.17, 15) is 4.79 Å². The Kier molecular flexibility index (Phi) is 6.80. The molecule has 0 aromatic heterocycles. The normalized spacial score (nSPS) is 14.0. The Hall–Kier alpha value is -2.69. The van der Waals surface area contributed by atoms with Gasteiger partial charge >= 0.3 is 0 Å². The zero-order valence-corrected chi connectivity index (χ0v) is 17.0. The number of benzene rings is 2. The van der Waals surface area contributed by atoms with E-state index in [1.54, 1.807) is 25.3 Å². The number of hydrogen-bond acceptors (Lipinski definition) is 4. The van der Waals surface area contributed by atoms with Gasteiger partial charge in [-0.25, -0.2) is 0 Å². The van der Waals surface area contributed by atoms with Crippen LogP contribution in [0.3, 0.4) is 0 Å². The minimum absolute atomic E-state index is 0.154. The summed E-state index contributed by atoms with van der Waals surface area (Å²) < 4.78 is 11.5. The van der Waals surface area contributed by atoms with Crippen LogP contribution < -0.4 is 19.7 Å². The summed E-state index contributed by atoms with van der Waals surface area (Å²) in [5.41, 5.74) is 2.39. The third-order valence-electron chi connectivity index (χ3n) is 5.28. The van der Waals surface area contributed by atoms with Gasteiger partial charge in [0.2, 0.25) is 0 Å². The van der Waals surface area contributed by atoms with Gasteiger partial charge in [0.1, 0.15) is 0 Å². The smallest absolute Gasteiger partial charge is 0.255 e. The van der Waals surface area contributed by atoms with Crippen molar-refractivity contribution >= 4 is 17.3 Å². The van der Waals surface area contributed by atoms with E-state index in [-0.39, 0.29) is 12.0 Å². The van der Waals surface area contributed by atoms with E-state index < -0.39 is 0 Å². The lowest BCUT2D eigenvalue weighted by atomic mass is 10.1. The number of carbonyl (C=O) groups excluding carboxylic acids is 1. The zero-order valence-electron chi connectivity index (χ0n) is 17.0. The molecule has 0 heterocycles. The minimum Gasteiger partial charge on any atom is -0.493 e. The molecule has 0 aliphatic heterocycles. The van der Waals surface area contributed by atoms with Gasteiger partial charge < -0.3 is 19.7 Å². The topological polar surface area (TPSA) is 50.8 Å². The molecule has 28 heavy (non-hydrogen) atoms. The summed E-state index contributed by atoms with van der Waals surface area (Å²) in [5, 5.41) is 3.06. The van der Waals surface area contributed by atoms with Crippen LogP contribution in [-0.4, -0.2) is 32.2 Å². The highest BCUT2D eigenvalue weighted by Crippen LogP contribution is 2.33. The monoisotopic (exact) mass is 382 g/mol. The molecule has 0 saturated heterocycles. The second-order valence-corrected chi connectivity index (χ2v) is 7.03. The highest BCUT2D eigenvalue weighted by molar-refractivity contribution is 6.06. The lowest BCUT2D eigenvalue weighted by Crippen LogP contribution is -2.24. The molecule has 0 atom stereocenters. The maximum Gasteiger partial charge on any atom is 0.255 e. The number of rotatable bonds is 8. The molecular weight excluding hydrogens is 352 g/mol. The summed E-state index contributed by atoms with van der Waals surface area (Å²) in [4.78, 5) is 15.1. The molecular formula is C23H30N2O3. The highest BCUT2D eigenvalue weighted by atomic mass is 16.5. The lowest BCUT2D eigenvalue weighted by Gasteiger charge is -2.24. The van der Waals surface area contributed by atoms with Gasteiger partial charge in [-0.1, -0.05) is 12.1 Å². The fourth-order valence-electron chi connectivity index (χ4n) is 3.71. The molecule has 1 amide bonds. The summed E-state index contributed by atoms with van der Waals surface area (Å²) in [6.07, 6.45) is 4.69. The van der Waals surface area contributed by atoms with Crippen LogP contribution in [0.5, 0.6) is 11.5 Å². The predicted molar refractivity (Wildman–Crippen MR) is 114 cm³/mol. The van der Waals surface area contributed by atoms with Gasteiger partial charge in [-0.3, -0.25) is 4.79 Å². The van der Waals surface area contributed by atoms with Gasteiger partial charge in [-0.05, 0) is 69.9 Å². The largest absolute Gasteiger partial charge is 0.493 e. The van der Waals surface area contributed by atoms with Crippen molar-refractivity contribution in [2.24, 2.45) is 0 Å². The molecule has 5 nitrogen and oxygen atoms in total. The van der Waals surface area contributed by atoms with E-state index in [0.29, 0.717) is 17.1 Å². The van der Waals surface area contributed by atoms with Crippen molar-refractivity contribution in [1.29, 1.82) is 0 Å². The van der Waals surface area contributed by atoms with Crippen molar-refractivity contribution in [3.05, 3.63) is 48.0 Å². The lowest BCUT2D eigenvalue weighted by molar-refractivity contribution is 0.102.